The summed E-state index contributed by atoms with van der Waals surface area (Å²) in [7, 11) is 0. The summed E-state index contributed by atoms with van der Waals surface area (Å²) in [6.07, 6.45) is 0. The van der Waals surface area contributed by atoms with Crippen LogP contribution >= 0.6 is 12.2 Å². The molecule has 0 bridgehead atoms. The molecule has 0 unspecified atom stereocenters. The van der Waals surface area contributed by atoms with Crippen LogP contribution in [0.25, 0.3) is 0 Å². The van der Waals surface area contributed by atoms with E-state index in [2.05, 4.69) is 15.2 Å². The third-order valence-electron chi connectivity index (χ3n) is 1.87. The lowest BCUT2D eigenvalue weighted by atomic mass is 10.3. The summed E-state index contributed by atoms with van der Waals surface area (Å²) in [4.78, 5) is 4.37. The molecule has 0 saturated heterocycles. The van der Waals surface area contributed by atoms with Crippen LogP contribution < -0.4 is 10.5 Å². The van der Waals surface area contributed by atoms with Crippen molar-refractivity contribution in [3.8, 4) is 11.8 Å². The van der Waals surface area contributed by atoms with Crippen LogP contribution in [0.2, 0.25) is 0 Å². The van der Waals surface area contributed by atoms with Crippen molar-refractivity contribution >= 4 is 17.2 Å². The second kappa shape index (κ2) is 4.28. The van der Waals surface area contributed by atoms with Gasteiger partial charge in [0.15, 0.2) is 0 Å². The van der Waals surface area contributed by atoms with Gasteiger partial charge in [-0.2, -0.15) is 0 Å². The van der Waals surface area contributed by atoms with Gasteiger partial charge >= 0.3 is 0 Å². The number of aromatic amines is 1. The highest BCUT2D eigenvalue weighted by Gasteiger charge is 2.04. The summed E-state index contributed by atoms with van der Waals surface area (Å²) in [5.41, 5.74) is 6.92. The van der Waals surface area contributed by atoms with Crippen LogP contribution in [0.5, 0.6) is 11.8 Å². The topological polar surface area (TPSA) is 76.8 Å². The van der Waals surface area contributed by atoms with Crippen molar-refractivity contribution in [2.75, 3.05) is 0 Å². The van der Waals surface area contributed by atoms with Crippen molar-refractivity contribution in [2.45, 2.75) is 6.92 Å². The number of hydrogen-bond donors (Lipinski definition) is 2. The average Bonchev–Trinajstić information content (AvgIpc) is 2.64. The number of nitrogens with zero attached hydrogens (tertiary/aromatic N) is 2. The predicted molar refractivity (Wildman–Crippen MR) is 63.5 cm³/mol. The maximum atomic E-state index is 5.47. The Morgan fingerprint density at radius 3 is 2.88 bits per heavy atom. The second-order valence-corrected chi connectivity index (χ2v) is 3.66. The number of nitrogens with two attached hydrogens (primary N) is 1. The van der Waals surface area contributed by atoms with Gasteiger partial charge in [-0.3, -0.25) is 5.10 Å². The number of ether oxygens (including phenoxy) is 1. The van der Waals surface area contributed by atoms with E-state index < -0.39 is 0 Å². The SMILES string of the molecule is Cc1cc(Oc2cccc(C(N)=S)n2)n[nH]1. The van der Waals surface area contributed by atoms with E-state index in [4.69, 9.17) is 22.7 Å². The molecule has 16 heavy (non-hydrogen) atoms. The molecule has 0 fully saturated rings. The molecule has 2 aromatic rings. The van der Waals surface area contributed by atoms with Crippen molar-refractivity contribution in [1.29, 1.82) is 0 Å². The van der Waals surface area contributed by atoms with Gasteiger partial charge in [0.05, 0.1) is 0 Å². The van der Waals surface area contributed by atoms with E-state index in [0.29, 0.717) is 17.5 Å². The summed E-state index contributed by atoms with van der Waals surface area (Å²) < 4.78 is 5.42. The molecule has 2 rings (SSSR count). The number of pyridine rings is 1. The monoisotopic (exact) mass is 234 g/mol. The van der Waals surface area contributed by atoms with E-state index in [1.165, 1.54) is 0 Å². The molecule has 0 saturated carbocycles. The molecule has 0 aliphatic heterocycles. The van der Waals surface area contributed by atoms with Crippen LogP contribution in [-0.2, 0) is 0 Å². The molecule has 6 heteroatoms. The third kappa shape index (κ3) is 2.34. The summed E-state index contributed by atoms with van der Waals surface area (Å²) in [5.74, 6) is 0.877. The van der Waals surface area contributed by atoms with Crippen molar-refractivity contribution in [3.63, 3.8) is 0 Å². The molecule has 0 aromatic carbocycles. The largest absolute Gasteiger partial charge is 0.419 e. The summed E-state index contributed by atoms with van der Waals surface area (Å²) in [6, 6.07) is 6.99. The fourth-order valence-electron chi connectivity index (χ4n) is 1.16. The van der Waals surface area contributed by atoms with E-state index in [9.17, 15) is 0 Å². The molecule has 3 N–H and O–H groups in total. The second-order valence-electron chi connectivity index (χ2n) is 3.22. The highest BCUT2D eigenvalue weighted by molar-refractivity contribution is 7.80. The Morgan fingerprint density at radius 2 is 2.25 bits per heavy atom. The van der Waals surface area contributed by atoms with Crippen molar-refractivity contribution in [2.24, 2.45) is 5.73 Å². The Morgan fingerprint density at radius 1 is 1.44 bits per heavy atom. The van der Waals surface area contributed by atoms with Crippen LogP contribution in [-0.4, -0.2) is 20.2 Å². The first-order chi connectivity index (χ1) is 7.65. The molecule has 0 aliphatic rings. The number of nitrogens with one attached hydrogen (secondary N) is 1. The number of thiocarbonyl (C=S) groups is 1. The van der Waals surface area contributed by atoms with E-state index in [-0.39, 0.29) is 4.99 Å². The highest BCUT2D eigenvalue weighted by Crippen LogP contribution is 2.17. The number of H-pyrrole nitrogens is 1. The smallest absolute Gasteiger partial charge is 0.240 e. The summed E-state index contributed by atoms with van der Waals surface area (Å²) in [5, 5.41) is 6.71. The van der Waals surface area contributed by atoms with Crippen molar-refractivity contribution < 1.29 is 4.74 Å². The molecule has 0 amide bonds. The van der Waals surface area contributed by atoms with Gasteiger partial charge in [0, 0.05) is 17.8 Å². The van der Waals surface area contributed by atoms with Crippen molar-refractivity contribution in [1.82, 2.24) is 15.2 Å². The van der Waals surface area contributed by atoms with Gasteiger partial charge in [-0.05, 0) is 13.0 Å². The Balaban J connectivity index is 2.21. The summed E-state index contributed by atoms with van der Waals surface area (Å²) >= 11 is 4.83. The Kier molecular flexibility index (Phi) is 2.82. The van der Waals surface area contributed by atoms with E-state index in [1.807, 2.05) is 6.92 Å². The van der Waals surface area contributed by atoms with Crippen LogP contribution in [0.15, 0.2) is 24.3 Å². The van der Waals surface area contributed by atoms with Gasteiger partial charge < -0.3 is 10.5 Å². The molecular weight excluding hydrogens is 224 g/mol. The Hall–Kier alpha value is -1.95. The number of hydrogen-bond acceptors (Lipinski definition) is 4. The molecule has 0 atom stereocenters. The van der Waals surface area contributed by atoms with E-state index >= 15 is 0 Å². The van der Waals surface area contributed by atoms with Crippen LogP contribution in [0.1, 0.15) is 11.4 Å². The Bertz CT molecular complexity index is 523. The molecule has 0 radical (unpaired) electrons. The number of rotatable bonds is 3. The summed E-state index contributed by atoms with van der Waals surface area (Å²) in [6.45, 7) is 1.89. The van der Waals surface area contributed by atoms with Gasteiger partial charge in [-0.1, -0.05) is 18.3 Å². The minimum absolute atomic E-state index is 0.239. The maximum absolute atomic E-state index is 5.47. The molecule has 5 nitrogen and oxygen atoms in total. The van der Waals surface area contributed by atoms with E-state index in [0.717, 1.165) is 5.69 Å². The van der Waals surface area contributed by atoms with Gasteiger partial charge in [0.25, 0.3) is 0 Å². The standard InChI is InChI=1S/C10H10N4OS/c1-6-5-9(14-13-6)15-8-4-2-3-7(12-8)10(11)16/h2-5H,1H3,(H2,11,16)(H,13,14). The minimum Gasteiger partial charge on any atom is -0.419 e. The van der Waals surface area contributed by atoms with Gasteiger partial charge in [-0.15, -0.1) is 5.10 Å². The molecule has 2 aromatic heterocycles. The zero-order chi connectivity index (χ0) is 11.5. The van der Waals surface area contributed by atoms with E-state index in [1.54, 1.807) is 24.3 Å². The zero-order valence-electron chi connectivity index (χ0n) is 8.60. The number of aryl methyl sites for hydroxylation is 1. The molecule has 0 aliphatic carbocycles. The average molecular weight is 234 g/mol. The number of aromatic nitrogens is 3. The fourth-order valence-corrected chi connectivity index (χ4v) is 1.28. The van der Waals surface area contributed by atoms with Crippen molar-refractivity contribution in [3.05, 3.63) is 35.7 Å². The van der Waals surface area contributed by atoms with Crippen LogP contribution in [0.4, 0.5) is 0 Å². The van der Waals surface area contributed by atoms with Gasteiger partial charge in [0.2, 0.25) is 11.8 Å². The predicted octanol–water partition coefficient (Wildman–Crippen LogP) is 1.54. The maximum Gasteiger partial charge on any atom is 0.240 e. The fraction of sp³-hybridized carbons (Fsp3) is 0.100. The molecule has 82 valence electrons. The first-order valence-electron chi connectivity index (χ1n) is 4.62. The highest BCUT2D eigenvalue weighted by atomic mass is 32.1. The first kappa shape index (κ1) is 10.6. The molecule has 0 spiro atoms. The lowest BCUT2D eigenvalue weighted by molar-refractivity contribution is 0.443. The van der Waals surface area contributed by atoms with Crippen LogP contribution in [0.3, 0.4) is 0 Å². The Labute approximate surface area is 97.6 Å². The first-order valence-corrected chi connectivity index (χ1v) is 5.03. The lowest BCUT2D eigenvalue weighted by Gasteiger charge is -2.02. The normalized spacial score (nSPS) is 10.1. The zero-order valence-corrected chi connectivity index (χ0v) is 9.41. The van der Waals surface area contributed by atoms with Crippen LogP contribution in [0, 0.1) is 6.92 Å². The molecule has 2 heterocycles. The van der Waals surface area contributed by atoms with Gasteiger partial charge in [-0.25, -0.2) is 4.98 Å². The quantitative estimate of drug-likeness (QED) is 0.788. The van der Waals surface area contributed by atoms with Gasteiger partial charge in [0.1, 0.15) is 10.7 Å². The third-order valence-corrected chi connectivity index (χ3v) is 2.08. The molecular formula is C10H10N4OS. The minimum atomic E-state index is 0.239. The lowest BCUT2D eigenvalue weighted by Crippen LogP contribution is -2.11.